The number of aryl methyl sites for hydroxylation is 2. The third kappa shape index (κ3) is 2.85. The summed E-state index contributed by atoms with van der Waals surface area (Å²) in [6.45, 7) is 8.10. The van der Waals surface area contributed by atoms with Crippen LogP contribution in [-0.2, 0) is 17.6 Å². The predicted octanol–water partition coefficient (Wildman–Crippen LogP) is 1.19. The van der Waals surface area contributed by atoms with E-state index in [0.29, 0.717) is 0 Å². The van der Waals surface area contributed by atoms with Crippen LogP contribution >= 0.6 is 0 Å². The summed E-state index contributed by atoms with van der Waals surface area (Å²) < 4.78 is 1.81. The van der Waals surface area contributed by atoms with Gasteiger partial charge in [0.1, 0.15) is 6.04 Å². The highest BCUT2D eigenvalue weighted by Crippen LogP contribution is 2.20. The average molecular weight is 238 g/mol. The van der Waals surface area contributed by atoms with Crippen molar-refractivity contribution in [3.63, 3.8) is 0 Å². The van der Waals surface area contributed by atoms with Crippen molar-refractivity contribution in [3.8, 4) is 0 Å². The molecule has 1 unspecified atom stereocenters. The molecule has 0 saturated carbocycles. The van der Waals surface area contributed by atoms with Crippen molar-refractivity contribution in [1.82, 2.24) is 15.2 Å². The lowest BCUT2D eigenvalue weighted by atomic mass is 10.0. The quantitative estimate of drug-likeness (QED) is 0.460. The normalized spacial score (nSPS) is 12.8. The third-order valence-corrected chi connectivity index (χ3v) is 2.89. The molecule has 0 fully saturated rings. The molecule has 1 amide bonds. The first-order valence-electron chi connectivity index (χ1n) is 6.12. The van der Waals surface area contributed by atoms with E-state index >= 15 is 0 Å². The van der Waals surface area contributed by atoms with E-state index in [-0.39, 0.29) is 17.9 Å². The second kappa shape index (κ2) is 5.82. The Labute approximate surface area is 102 Å². The lowest BCUT2D eigenvalue weighted by Gasteiger charge is -2.21. The Kier molecular flexibility index (Phi) is 4.69. The molecular formula is C12H22N4O. The lowest BCUT2D eigenvalue weighted by molar-refractivity contribution is -0.126. The molecule has 0 aliphatic carbocycles. The molecule has 0 aliphatic rings. The summed E-state index contributed by atoms with van der Waals surface area (Å²) in [5.74, 6) is 5.19. The highest BCUT2D eigenvalue weighted by atomic mass is 16.2. The molecule has 1 aromatic heterocycles. The molecule has 1 heterocycles. The summed E-state index contributed by atoms with van der Waals surface area (Å²) in [7, 11) is 0. The van der Waals surface area contributed by atoms with Crippen molar-refractivity contribution in [2.45, 2.75) is 46.6 Å². The van der Waals surface area contributed by atoms with Crippen LogP contribution in [0, 0.1) is 5.92 Å². The fraction of sp³-hybridized carbons (Fsp3) is 0.667. The second-order valence-corrected chi connectivity index (χ2v) is 4.48. The summed E-state index contributed by atoms with van der Waals surface area (Å²) in [4.78, 5) is 11.8. The van der Waals surface area contributed by atoms with Crippen LogP contribution in [0.4, 0.5) is 0 Å². The van der Waals surface area contributed by atoms with Crippen LogP contribution in [0.5, 0.6) is 0 Å². The van der Waals surface area contributed by atoms with Gasteiger partial charge in [-0.1, -0.05) is 27.7 Å². The average Bonchev–Trinajstić information content (AvgIpc) is 2.71. The first kappa shape index (κ1) is 13.7. The smallest absolute Gasteiger partial charge is 0.259 e. The van der Waals surface area contributed by atoms with Crippen LogP contribution in [0.2, 0.25) is 0 Å². The minimum Gasteiger partial charge on any atom is -0.292 e. The first-order valence-corrected chi connectivity index (χ1v) is 6.12. The van der Waals surface area contributed by atoms with Gasteiger partial charge in [-0.05, 0) is 24.8 Å². The van der Waals surface area contributed by atoms with Gasteiger partial charge < -0.3 is 0 Å². The number of nitrogens with one attached hydrogen (secondary N) is 1. The predicted molar refractivity (Wildman–Crippen MR) is 67.2 cm³/mol. The molecular weight excluding hydrogens is 216 g/mol. The number of rotatable bonds is 5. The zero-order valence-electron chi connectivity index (χ0n) is 11.0. The fourth-order valence-corrected chi connectivity index (χ4v) is 1.95. The maximum atomic E-state index is 11.8. The van der Waals surface area contributed by atoms with Crippen molar-refractivity contribution in [2.24, 2.45) is 11.8 Å². The van der Waals surface area contributed by atoms with E-state index in [1.54, 1.807) is 0 Å². The number of amides is 1. The third-order valence-electron chi connectivity index (χ3n) is 2.89. The van der Waals surface area contributed by atoms with Gasteiger partial charge in [0.05, 0.1) is 5.69 Å². The van der Waals surface area contributed by atoms with E-state index in [2.05, 4.69) is 30.4 Å². The van der Waals surface area contributed by atoms with E-state index in [9.17, 15) is 4.79 Å². The van der Waals surface area contributed by atoms with Gasteiger partial charge in [-0.2, -0.15) is 5.10 Å². The van der Waals surface area contributed by atoms with Crippen LogP contribution in [0.1, 0.15) is 45.1 Å². The number of carbonyl (C=O) groups is 1. The fourth-order valence-electron chi connectivity index (χ4n) is 1.95. The Morgan fingerprint density at radius 2 is 2.12 bits per heavy atom. The Morgan fingerprint density at radius 1 is 1.47 bits per heavy atom. The SMILES string of the molecule is CCc1cc(CC)n(C(C(=O)NN)C(C)C)n1. The molecule has 0 bridgehead atoms. The lowest BCUT2D eigenvalue weighted by Crippen LogP contribution is -2.40. The van der Waals surface area contributed by atoms with Crippen LogP contribution in [0.25, 0.3) is 0 Å². The number of hydrogen-bond acceptors (Lipinski definition) is 3. The molecule has 5 heteroatoms. The summed E-state index contributed by atoms with van der Waals surface area (Å²) in [6.07, 6.45) is 1.73. The molecule has 0 radical (unpaired) electrons. The number of aromatic nitrogens is 2. The monoisotopic (exact) mass is 238 g/mol. The van der Waals surface area contributed by atoms with E-state index in [4.69, 9.17) is 5.84 Å². The van der Waals surface area contributed by atoms with Gasteiger partial charge in [-0.3, -0.25) is 14.9 Å². The van der Waals surface area contributed by atoms with Gasteiger partial charge in [0, 0.05) is 5.69 Å². The molecule has 1 atom stereocenters. The van der Waals surface area contributed by atoms with Crippen LogP contribution in [-0.4, -0.2) is 15.7 Å². The molecule has 0 aromatic carbocycles. The van der Waals surface area contributed by atoms with Crippen molar-refractivity contribution < 1.29 is 4.79 Å². The summed E-state index contributed by atoms with van der Waals surface area (Å²) >= 11 is 0. The first-order chi connectivity index (χ1) is 8.04. The largest absolute Gasteiger partial charge is 0.292 e. The molecule has 96 valence electrons. The number of nitrogens with two attached hydrogens (primary N) is 1. The highest BCUT2D eigenvalue weighted by Gasteiger charge is 2.26. The Bertz CT molecular complexity index is 384. The Balaban J connectivity index is 3.17. The molecule has 3 N–H and O–H groups in total. The topological polar surface area (TPSA) is 72.9 Å². The van der Waals surface area contributed by atoms with Crippen molar-refractivity contribution in [1.29, 1.82) is 0 Å². The van der Waals surface area contributed by atoms with Crippen LogP contribution in [0.3, 0.4) is 0 Å². The van der Waals surface area contributed by atoms with E-state index in [1.165, 1.54) is 0 Å². The van der Waals surface area contributed by atoms with Gasteiger partial charge in [0.25, 0.3) is 5.91 Å². The van der Waals surface area contributed by atoms with E-state index in [1.807, 2.05) is 18.5 Å². The van der Waals surface area contributed by atoms with Crippen molar-refractivity contribution >= 4 is 5.91 Å². The maximum Gasteiger partial charge on any atom is 0.259 e. The van der Waals surface area contributed by atoms with Crippen LogP contribution in [0.15, 0.2) is 6.07 Å². The summed E-state index contributed by atoms with van der Waals surface area (Å²) in [5.41, 5.74) is 4.31. The number of hydrogen-bond donors (Lipinski definition) is 2. The Hall–Kier alpha value is -1.36. The molecule has 17 heavy (non-hydrogen) atoms. The molecule has 0 saturated heterocycles. The van der Waals surface area contributed by atoms with Gasteiger partial charge in [-0.15, -0.1) is 0 Å². The zero-order chi connectivity index (χ0) is 13.0. The number of nitrogens with zero attached hydrogens (tertiary/aromatic N) is 2. The van der Waals surface area contributed by atoms with Gasteiger partial charge in [0.2, 0.25) is 0 Å². The van der Waals surface area contributed by atoms with Crippen molar-refractivity contribution in [2.75, 3.05) is 0 Å². The minimum absolute atomic E-state index is 0.147. The standard InChI is InChI=1S/C12H22N4O/c1-5-9-7-10(6-2)16(15-9)11(8(3)4)12(17)14-13/h7-8,11H,5-6,13H2,1-4H3,(H,14,17). The minimum atomic E-state index is -0.338. The zero-order valence-corrected chi connectivity index (χ0v) is 11.0. The van der Waals surface area contributed by atoms with E-state index in [0.717, 1.165) is 24.2 Å². The van der Waals surface area contributed by atoms with Gasteiger partial charge >= 0.3 is 0 Å². The van der Waals surface area contributed by atoms with E-state index < -0.39 is 0 Å². The molecule has 0 aliphatic heterocycles. The maximum absolute atomic E-state index is 11.8. The molecule has 1 rings (SSSR count). The molecule has 1 aromatic rings. The van der Waals surface area contributed by atoms with Gasteiger partial charge in [-0.25, -0.2) is 5.84 Å². The Morgan fingerprint density at radius 3 is 2.53 bits per heavy atom. The number of hydrazine groups is 1. The second-order valence-electron chi connectivity index (χ2n) is 4.48. The molecule has 5 nitrogen and oxygen atoms in total. The van der Waals surface area contributed by atoms with Gasteiger partial charge in [0.15, 0.2) is 0 Å². The van der Waals surface area contributed by atoms with Crippen LogP contribution < -0.4 is 11.3 Å². The van der Waals surface area contributed by atoms with Crippen molar-refractivity contribution in [3.05, 3.63) is 17.5 Å². The summed E-state index contributed by atoms with van der Waals surface area (Å²) in [6, 6.07) is 1.72. The highest BCUT2D eigenvalue weighted by molar-refractivity contribution is 5.79. The number of carbonyl (C=O) groups excluding carboxylic acids is 1. The molecule has 0 spiro atoms. The summed E-state index contributed by atoms with van der Waals surface area (Å²) in [5, 5.41) is 4.49.